The van der Waals surface area contributed by atoms with Crippen LogP contribution in [0.2, 0.25) is 5.15 Å². The van der Waals surface area contributed by atoms with E-state index in [1.807, 2.05) is 20.8 Å². The molecule has 0 bridgehead atoms. The summed E-state index contributed by atoms with van der Waals surface area (Å²) in [7, 11) is 1.55. The Hall–Kier alpha value is -1.13. The van der Waals surface area contributed by atoms with Crippen molar-refractivity contribution in [1.82, 2.24) is 4.98 Å². The van der Waals surface area contributed by atoms with E-state index in [9.17, 15) is 4.79 Å². The number of hydrogen-bond acceptors (Lipinski definition) is 4. The highest BCUT2D eigenvalue weighted by molar-refractivity contribution is 6.29. The number of rotatable bonds is 3. The van der Waals surface area contributed by atoms with Crippen molar-refractivity contribution in [2.75, 3.05) is 7.11 Å². The van der Waals surface area contributed by atoms with Gasteiger partial charge in [0.15, 0.2) is 0 Å². The van der Waals surface area contributed by atoms with Crippen LogP contribution in [0, 0.1) is 0 Å². The van der Waals surface area contributed by atoms with Crippen LogP contribution in [0.3, 0.4) is 0 Å². The minimum atomic E-state index is -0.533. The van der Waals surface area contributed by atoms with Crippen LogP contribution >= 0.6 is 11.6 Å². The molecule has 0 saturated carbocycles. The molecule has 0 N–H and O–H groups in total. The Morgan fingerprint density at radius 2 is 2.06 bits per heavy atom. The molecule has 0 spiro atoms. The third-order valence-electron chi connectivity index (χ3n) is 1.77. The number of esters is 1. The minimum absolute atomic E-state index is 0.250. The first-order chi connectivity index (χ1) is 7.81. The van der Waals surface area contributed by atoms with Gasteiger partial charge in [-0.1, -0.05) is 11.6 Å². The number of ether oxygens (including phenoxy) is 2. The third kappa shape index (κ3) is 4.71. The van der Waals surface area contributed by atoms with E-state index < -0.39 is 11.6 Å². The maximum absolute atomic E-state index is 11.8. The summed E-state index contributed by atoms with van der Waals surface area (Å²) in [6, 6.07) is 3.10. The quantitative estimate of drug-likeness (QED) is 0.617. The highest BCUT2D eigenvalue weighted by Gasteiger charge is 2.18. The van der Waals surface area contributed by atoms with Crippen molar-refractivity contribution in [3.05, 3.63) is 28.5 Å². The smallest absolute Gasteiger partial charge is 0.338 e. The second-order valence-electron chi connectivity index (χ2n) is 4.60. The molecule has 1 aromatic rings. The second kappa shape index (κ2) is 5.47. The van der Waals surface area contributed by atoms with E-state index in [-0.39, 0.29) is 5.15 Å². The first-order valence-electron chi connectivity index (χ1n) is 5.20. The lowest BCUT2D eigenvalue weighted by Crippen LogP contribution is -2.24. The number of nitrogens with zero attached hydrogens (tertiary/aromatic N) is 1. The van der Waals surface area contributed by atoms with Crippen LogP contribution in [-0.4, -0.2) is 23.7 Å². The molecule has 0 aliphatic heterocycles. The van der Waals surface area contributed by atoms with E-state index in [0.29, 0.717) is 17.9 Å². The molecule has 0 saturated heterocycles. The van der Waals surface area contributed by atoms with Gasteiger partial charge in [-0.15, -0.1) is 0 Å². The highest BCUT2D eigenvalue weighted by atomic mass is 35.5. The van der Waals surface area contributed by atoms with Gasteiger partial charge >= 0.3 is 5.97 Å². The number of aromatic nitrogens is 1. The van der Waals surface area contributed by atoms with E-state index in [1.54, 1.807) is 13.2 Å². The topological polar surface area (TPSA) is 48.4 Å². The predicted octanol–water partition coefficient (Wildman–Crippen LogP) is 2.84. The lowest BCUT2D eigenvalue weighted by atomic mass is 10.2. The van der Waals surface area contributed by atoms with Gasteiger partial charge in [0, 0.05) is 7.11 Å². The summed E-state index contributed by atoms with van der Waals surface area (Å²) >= 11 is 5.83. The van der Waals surface area contributed by atoms with Crippen molar-refractivity contribution in [3.63, 3.8) is 0 Å². The Labute approximate surface area is 106 Å². The molecule has 0 radical (unpaired) electrons. The number of pyridine rings is 1. The van der Waals surface area contributed by atoms with Crippen LogP contribution in [0.1, 0.15) is 36.8 Å². The van der Waals surface area contributed by atoms with Crippen molar-refractivity contribution < 1.29 is 14.3 Å². The molecule has 94 valence electrons. The van der Waals surface area contributed by atoms with Crippen LogP contribution in [-0.2, 0) is 16.1 Å². The zero-order valence-electron chi connectivity index (χ0n) is 10.4. The fourth-order valence-corrected chi connectivity index (χ4v) is 1.45. The van der Waals surface area contributed by atoms with Crippen molar-refractivity contribution in [1.29, 1.82) is 0 Å². The molecule has 0 aromatic carbocycles. The van der Waals surface area contributed by atoms with Gasteiger partial charge in [-0.05, 0) is 32.9 Å². The van der Waals surface area contributed by atoms with E-state index in [0.717, 1.165) is 0 Å². The average molecular weight is 258 g/mol. The van der Waals surface area contributed by atoms with Crippen LogP contribution in [0.5, 0.6) is 0 Å². The molecule has 1 heterocycles. The van der Waals surface area contributed by atoms with Gasteiger partial charge in [-0.2, -0.15) is 0 Å². The van der Waals surface area contributed by atoms with Crippen LogP contribution in [0.15, 0.2) is 12.1 Å². The van der Waals surface area contributed by atoms with E-state index >= 15 is 0 Å². The average Bonchev–Trinajstić information content (AvgIpc) is 2.14. The van der Waals surface area contributed by atoms with Crippen LogP contribution in [0.4, 0.5) is 0 Å². The first-order valence-corrected chi connectivity index (χ1v) is 5.58. The Balaban J connectivity index is 2.93. The Morgan fingerprint density at radius 1 is 1.41 bits per heavy atom. The minimum Gasteiger partial charge on any atom is -0.456 e. The van der Waals surface area contributed by atoms with Gasteiger partial charge in [0.25, 0.3) is 0 Å². The zero-order valence-corrected chi connectivity index (χ0v) is 11.2. The van der Waals surface area contributed by atoms with Gasteiger partial charge in [0.2, 0.25) is 0 Å². The normalized spacial score (nSPS) is 11.4. The molecule has 5 heteroatoms. The number of hydrogen-bond donors (Lipinski definition) is 0. The molecule has 0 fully saturated rings. The van der Waals surface area contributed by atoms with Crippen LogP contribution in [0.25, 0.3) is 0 Å². The van der Waals surface area contributed by atoms with Gasteiger partial charge < -0.3 is 9.47 Å². The third-order valence-corrected chi connectivity index (χ3v) is 1.97. The molecule has 0 unspecified atom stereocenters. The first kappa shape index (κ1) is 13.9. The number of carbonyl (C=O) groups is 1. The monoisotopic (exact) mass is 257 g/mol. The summed E-state index contributed by atoms with van der Waals surface area (Å²) in [5.41, 5.74) is 0.446. The molecule has 17 heavy (non-hydrogen) atoms. The van der Waals surface area contributed by atoms with E-state index in [2.05, 4.69) is 4.98 Å². The molecule has 0 aliphatic carbocycles. The molecule has 4 nitrogen and oxygen atoms in total. The fraction of sp³-hybridized carbons (Fsp3) is 0.500. The maximum Gasteiger partial charge on any atom is 0.338 e. The lowest BCUT2D eigenvalue weighted by molar-refractivity contribution is 0.00691. The Morgan fingerprint density at radius 3 is 2.59 bits per heavy atom. The molecule has 1 rings (SSSR count). The SMILES string of the molecule is COCc1cc(C(=O)OC(C)(C)C)cc(Cl)n1. The van der Waals surface area contributed by atoms with E-state index in [1.165, 1.54) is 6.07 Å². The van der Waals surface area contributed by atoms with Crippen molar-refractivity contribution >= 4 is 17.6 Å². The standard InChI is InChI=1S/C12H16ClNO3/c1-12(2,3)17-11(15)8-5-9(7-16-4)14-10(13)6-8/h5-6H,7H2,1-4H3. The summed E-state index contributed by atoms with van der Waals surface area (Å²) < 4.78 is 10.2. The molecular weight excluding hydrogens is 242 g/mol. The largest absolute Gasteiger partial charge is 0.456 e. The summed E-state index contributed by atoms with van der Waals surface area (Å²) in [4.78, 5) is 15.9. The molecule has 0 atom stereocenters. The number of carbonyl (C=O) groups excluding carboxylic acids is 1. The van der Waals surface area contributed by atoms with Gasteiger partial charge in [0.1, 0.15) is 10.8 Å². The Kier molecular flexibility index (Phi) is 4.48. The van der Waals surface area contributed by atoms with Crippen LogP contribution < -0.4 is 0 Å². The lowest BCUT2D eigenvalue weighted by Gasteiger charge is -2.19. The maximum atomic E-state index is 11.8. The van der Waals surface area contributed by atoms with Gasteiger partial charge in [0.05, 0.1) is 17.9 Å². The number of halogens is 1. The molecule has 1 aromatic heterocycles. The fourth-order valence-electron chi connectivity index (χ4n) is 1.23. The van der Waals surface area contributed by atoms with Crippen molar-refractivity contribution in [2.24, 2.45) is 0 Å². The van der Waals surface area contributed by atoms with Gasteiger partial charge in [-0.3, -0.25) is 0 Å². The highest BCUT2D eigenvalue weighted by Crippen LogP contribution is 2.16. The molecular formula is C12H16ClNO3. The van der Waals surface area contributed by atoms with Crippen molar-refractivity contribution in [3.8, 4) is 0 Å². The second-order valence-corrected chi connectivity index (χ2v) is 4.99. The summed E-state index contributed by atoms with van der Waals surface area (Å²) in [5.74, 6) is -0.417. The van der Waals surface area contributed by atoms with Gasteiger partial charge in [-0.25, -0.2) is 9.78 Å². The Bertz CT molecular complexity index is 413. The molecule has 0 amide bonds. The summed E-state index contributed by atoms with van der Waals surface area (Å²) in [6.45, 7) is 5.73. The number of methoxy groups -OCH3 is 1. The summed E-state index contributed by atoms with van der Waals surface area (Å²) in [6.07, 6.45) is 0. The molecule has 0 aliphatic rings. The predicted molar refractivity (Wildman–Crippen MR) is 65.1 cm³/mol. The van der Waals surface area contributed by atoms with Crippen molar-refractivity contribution in [2.45, 2.75) is 33.0 Å². The summed E-state index contributed by atoms with van der Waals surface area (Å²) in [5, 5.41) is 0.250. The zero-order chi connectivity index (χ0) is 13.1. The van der Waals surface area contributed by atoms with E-state index in [4.69, 9.17) is 21.1 Å².